The number of nitrogens with zero attached hydrogens (tertiary/aromatic N) is 8. The first-order valence-corrected chi connectivity index (χ1v) is 24.5. The van der Waals surface area contributed by atoms with Crippen molar-refractivity contribution in [3.8, 4) is 0 Å². The number of rotatable bonds is 9. The number of pyridine rings is 2. The maximum atomic E-state index is 6.57. The third kappa shape index (κ3) is 9.85. The molecule has 18 nitrogen and oxygen atoms in total. The van der Waals surface area contributed by atoms with Gasteiger partial charge >= 0.3 is 0 Å². The molecule has 0 radical (unpaired) electrons. The zero-order valence-corrected chi connectivity index (χ0v) is 42.2. The van der Waals surface area contributed by atoms with E-state index in [9.17, 15) is 0 Å². The number of nitrogens with one attached hydrogen (secondary N) is 1. The standard InChI is InChI=1S/C25H27ClN6O3.C24H23Cl2N5O3.CH5N.CH4/c1-25(2)34-19-18(7-5-13-4-6-14-11-16(26)21(27)31-17(14)10-13)33-24(20(19)35-25)32-9-8-15-22(28-3)29-12-30-23(15)32;1-24(2)33-18-17(6-4-12-3-5-13-10-15(25)21(27)30-16(13)9-12)32-23(19(18)34-24)31-8-7-14-20(26)28-11-29-22(14)31;1-2;/h4,6,8-12,18-20,24H,5,7H2,1-3H3,(H2,27,31)(H,28,29,30);3,5,7-11,17-19,23H,4,6H2,1-2H3,(H2,27,30);2H2,1H3;1H4/t18-,19-,20-,24-;17-,18-,19-,23-;;/m11../s1. The molecule has 10 heterocycles. The molecule has 4 aliphatic rings. The van der Waals surface area contributed by atoms with E-state index in [4.69, 9.17) is 74.7 Å². The Hall–Kier alpha value is -5.51. The van der Waals surface area contributed by atoms with E-state index in [1.807, 2.05) is 98.7 Å². The highest BCUT2D eigenvalue weighted by Crippen LogP contribution is 2.47. The second-order valence-electron chi connectivity index (χ2n) is 18.7. The van der Waals surface area contributed by atoms with Crippen LogP contribution in [-0.2, 0) is 41.3 Å². The Kier molecular flexibility index (Phi) is 14.6. The second-order valence-corrected chi connectivity index (χ2v) is 19.8. The van der Waals surface area contributed by atoms with Crippen molar-refractivity contribution in [1.82, 2.24) is 39.0 Å². The highest BCUT2D eigenvalue weighted by Gasteiger charge is 2.57. The fourth-order valence-corrected chi connectivity index (χ4v) is 10.6. The summed E-state index contributed by atoms with van der Waals surface area (Å²) in [7, 11) is 3.35. The van der Waals surface area contributed by atoms with Gasteiger partial charge in [-0.1, -0.05) is 66.5 Å². The van der Waals surface area contributed by atoms with Crippen LogP contribution in [0.3, 0.4) is 0 Å². The fraction of sp³-hybridized carbons (Fsp3) is 0.412. The summed E-state index contributed by atoms with van der Waals surface area (Å²) in [5, 5.41) is 8.07. The molecule has 12 rings (SSSR count). The molecular formula is C51H59Cl3N12O6. The highest BCUT2D eigenvalue weighted by molar-refractivity contribution is 6.34. The van der Waals surface area contributed by atoms with Gasteiger partial charge in [-0.15, -0.1) is 0 Å². The van der Waals surface area contributed by atoms with Crippen LogP contribution in [0.5, 0.6) is 0 Å². The second kappa shape index (κ2) is 20.4. The monoisotopic (exact) mass is 1040 g/mol. The Balaban J connectivity index is 0.000000170. The van der Waals surface area contributed by atoms with E-state index >= 15 is 0 Å². The Morgan fingerprint density at radius 3 is 1.53 bits per heavy atom. The summed E-state index contributed by atoms with van der Waals surface area (Å²) in [4.78, 5) is 26.2. The van der Waals surface area contributed by atoms with E-state index in [-0.39, 0.29) is 56.5 Å². The Labute approximate surface area is 431 Å². The molecule has 8 aromatic rings. The predicted molar refractivity (Wildman–Crippen MR) is 281 cm³/mol. The molecule has 4 saturated heterocycles. The molecule has 0 aliphatic carbocycles. The lowest BCUT2D eigenvalue weighted by Crippen LogP contribution is -2.29. The lowest BCUT2D eigenvalue weighted by atomic mass is 10.0. The van der Waals surface area contributed by atoms with Crippen LogP contribution < -0.4 is 22.5 Å². The number of nitrogens with two attached hydrogens (primary N) is 3. The van der Waals surface area contributed by atoms with Crippen molar-refractivity contribution in [2.24, 2.45) is 5.73 Å². The van der Waals surface area contributed by atoms with Gasteiger partial charge in [0.1, 0.15) is 71.0 Å². The summed E-state index contributed by atoms with van der Waals surface area (Å²) in [5.74, 6) is 0.0553. The first kappa shape index (κ1) is 51.4. The number of ether oxygens (including phenoxy) is 6. The average Bonchev–Trinajstić information content (AvgIpc) is 4.21. The van der Waals surface area contributed by atoms with E-state index < -0.39 is 11.6 Å². The lowest BCUT2D eigenvalue weighted by molar-refractivity contribution is -0.197. The van der Waals surface area contributed by atoms with Crippen molar-refractivity contribution in [2.75, 3.05) is 30.9 Å². The molecule has 8 atom stereocenters. The molecule has 21 heteroatoms. The number of benzene rings is 2. The number of halogens is 3. The minimum Gasteiger partial charge on any atom is -0.382 e. The van der Waals surface area contributed by atoms with E-state index in [0.29, 0.717) is 32.5 Å². The summed E-state index contributed by atoms with van der Waals surface area (Å²) < 4.78 is 42.2. The normalized spacial score (nSPS) is 24.6. The molecule has 0 saturated carbocycles. The third-order valence-corrected chi connectivity index (χ3v) is 14.1. The molecule has 4 aliphatic heterocycles. The molecular weight excluding hydrogens is 983 g/mol. The Bertz CT molecular complexity index is 3260. The van der Waals surface area contributed by atoms with E-state index in [2.05, 4.69) is 59.2 Å². The lowest BCUT2D eigenvalue weighted by Gasteiger charge is -2.25. The van der Waals surface area contributed by atoms with Crippen LogP contribution >= 0.6 is 34.8 Å². The smallest absolute Gasteiger partial charge is 0.164 e. The third-order valence-electron chi connectivity index (χ3n) is 13.2. The minimum atomic E-state index is -0.700. The van der Waals surface area contributed by atoms with Gasteiger partial charge in [-0.3, -0.25) is 0 Å². The fourth-order valence-electron chi connectivity index (χ4n) is 10.1. The number of fused-ring (bicyclic) bond motifs is 6. The summed E-state index contributed by atoms with van der Waals surface area (Å²) in [5.41, 5.74) is 21.7. The van der Waals surface area contributed by atoms with Crippen LogP contribution in [0.25, 0.3) is 43.9 Å². The molecule has 7 N–H and O–H groups in total. The predicted octanol–water partition coefficient (Wildman–Crippen LogP) is 9.44. The van der Waals surface area contributed by atoms with Crippen LogP contribution in [0, 0.1) is 0 Å². The molecule has 72 heavy (non-hydrogen) atoms. The summed E-state index contributed by atoms with van der Waals surface area (Å²) in [6.07, 6.45) is 8.02. The Morgan fingerprint density at radius 1 is 0.597 bits per heavy atom. The van der Waals surface area contributed by atoms with Crippen LogP contribution in [0.15, 0.2) is 85.7 Å². The van der Waals surface area contributed by atoms with E-state index in [1.54, 1.807) is 6.33 Å². The molecule has 380 valence electrons. The molecule has 0 spiro atoms. The summed E-state index contributed by atoms with van der Waals surface area (Å²) >= 11 is 18.5. The van der Waals surface area contributed by atoms with Crippen LogP contribution in [0.1, 0.15) is 71.5 Å². The van der Waals surface area contributed by atoms with Gasteiger partial charge in [-0.2, -0.15) is 0 Å². The number of aryl methyl sites for hydroxylation is 2. The molecule has 0 unspecified atom stereocenters. The minimum absolute atomic E-state index is 0. The molecule has 0 bridgehead atoms. The van der Waals surface area contributed by atoms with Gasteiger partial charge in [0.15, 0.2) is 24.0 Å². The van der Waals surface area contributed by atoms with Crippen molar-refractivity contribution < 1.29 is 28.4 Å². The van der Waals surface area contributed by atoms with Gasteiger partial charge in [0.2, 0.25) is 0 Å². The topological polar surface area (TPSA) is 233 Å². The first-order valence-electron chi connectivity index (χ1n) is 23.4. The zero-order valence-electron chi connectivity index (χ0n) is 39.9. The first-order chi connectivity index (χ1) is 34.1. The number of hydrogen-bond acceptors (Lipinski definition) is 16. The van der Waals surface area contributed by atoms with Gasteiger partial charge in [-0.05, 0) is 108 Å². The number of anilines is 3. The summed E-state index contributed by atoms with van der Waals surface area (Å²) in [6, 6.07) is 19.9. The van der Waals surface area contributed by atoms with E-state index in [1.165, 1.54) is 13.4 Å². The quantitative estimate of drug-likeness (QED) is 0.0986. The van der Waals surface area contributed by atoms with Crippen molar-refractivity contribution in [3.63, 3.8) is 0 Å². The van der Waals surface area contributed by atoms with Gasteiger partial charge < -0.3 is 60.1 Å². The van der Waals surface area contributed by atoms with Crippen LogP contribution in [-0.4, -0.2) is 101 Å². The van der Waals surface area contributed by atoms with Crippen LogP contribution in [0.2, 0.25) is 15.2 Å². The molecule has 4 fully saturated rings. The van der Waals surface area contributed by atoms with Gasteiger partial charge in [0.25, 0.3) is 0 Å². The van der Waals surface area contributed by atoms with E-state index in [0.717, 1.165) is 80.9 Å². The largest absolute Gasteiger partial charge is 0.382 e. The van der Waals surface area contributed by atoms with Crippen molar-refractivity contribution in [3.05, 3.63) is 112 Å². The number of hydrogen-bond donors (Lipinski definition) is 4. The van der Waals surface area contributed by atoms with Gasteiger partial charge in [0, 0.05) is 30.2 Å². The average molecular weight is 1040 g/mol. The maximum Gasteiger partial charge on any atom is 0.164 e. The maximum absolute atomic E-state index is 6.57. The Morgan fingerprint density at radius 2 is 1.04 bits per heavy atom. The molecule has 6 aromatic heterocycles. The molecule has 0 amide bonds. The number of nitrogen functional groups attached to an aromatic ring is 2. The summed E-state index contributed by atoms with van der Waals surface area (Å²) in [6.45, 7) is 7.74. The van der Waals surface area contributed by atoms with Crippen molar-refractivity contribution >= 4 is 96.1 Å². The van der Waals surface area contributed by atoms with Crippen molar-refractivity contribution in [2.45, 2.75) is 121 Å². The van der Waals surface area contributed by atoms with Gasteiger partial charge in [-0.25, -0.2) is 29.9 Å². The van der Waals surface area contributed by atoms with Gasteiger partial charge in [0.05, 0.1) is 44.1 Å². The number of aromatic nitrogens is 8. The molecule has 2 aromatic carbocycles. The zero-order chi connectivity index (χ0) is 49.9. The van der Waals surface area contributed by atoms with Crippen LogP contribution in [0.4, 0.5) is 17.5 Å². The van der Waals surface area contributed by atoms with Crippen molar-refractivity contribution in [1.29, 1.82) is 0 Å². The SMILES string of the molecule is C.CC1(C)O[C@@H]2[C@H](O1)[C@@H](CCc1ccc3cc(Cl)c(N)nc3c1)O[C@H]2n1ccc2c(Cl)ncnc21.CN.CNc1ncnc2c1ccn2[C@@H]1O[C@H](CCc2ccc3cc(Cl)c(N)nc3c2)[C@H]2OC(C)(C)O[C@H]21. The highest BCUT2D eigenvalue weighted by atomic mass is 35.5.